The van der Waals surface area contributed by atoms with Gasteiger partial charge < -0.3 is 10.6 Å². The molecular weight excluding hydrogens is 278 g/mol. The smallest absolute Gasteiger partial charge is 0.237 e. The van der Waals surface area contributed by atoms with Crippen LogP contribution in [0, 0.1) is 0 Å². The lowest BCUT2D eigenvalue weighted by Crippen LogP contribution is -2.49. The maximum absolute atomic E-state index is 11.8. The van der Waals surface area contributed by atoms with E-state index in [1.165, 1.54) is 10.6 Å². The van der Waals surface area contributed by atoms with Crippen molar-refractivity contribution < 1.29 is 13.2 Å². The standard InChI is InChI=1S/C13H29N3O3S/c1-7-16(20(6,18)19)10-8-9-14-11(2)12(17)15-13(3,4)5/h11,14H,7-10H2,1-6H3,(H,15,17). The van der Waals surface area contributed by atoms with Crippen LogP contribution >= 0.6 is 0 Å². The molecule has 0 aromatic rings. The summed E-state index contributed by atoms with van der Waals surface area (Å²) in [5.41, 5.74) is -0.248. The van der Waals surface area contributed by atoms with E-state index in [0.717, 1.165) is 0 Å². The van der Waals surface area contributed by atoms with Gasteiger partial charge in [-0.15, -0.1) is 0 Å². The van der Waals surface area contributed by atoms with E-state index in [9.17, 15) is 13.2 Å². The topological polar surface area (TPSA) is 78.5 Å². The largest absolute Gasteiger partial charge is 0.350 e. The molecule has 0 spiro atoms. The van der Waals surface area contributed by atoms with Crippen molar-refractivity contribution in [2.75, 3.05) is 25.9 Å². The lowest BCUT2D eigenvalue weighted by molar-refractivity contribution is -0.124. The fourth-order valence-electron chi connectivity index (χ4n) is 1.70. The molecule has 0 aliphatic heterocycles. The van der Waals surface area contributed by atoms with Crippen molar-refractivity contribution in [1.29, 1.82) is 0 Å². The molecule has 0 fully saturated rings. The highest BCUT2D eigenvalue weighted by Crippen LogP contribution is 2.00. The molecule has 6 nitrogen and oxygen atoms in total. The van der Waals surface area contributed by atoms with Crippen LogP contribution in [0.3, 0.4) is 0 Å². The third-order valence-electron chi connectivity index (χ3n) is 2.75. The molecule has 0 radical (unpaired) electrons. The van der Waals surface area contributed by atoms with E-state index in [4.69, 9.17) is 0 Å². The Morgan fingerprint density at radius 2 is 1.85 bits per heavy atom. The summed E-state index contributed by atoms with van der Waals surface area (Å²) in [7, 11) is -3.13. The molecule has 1 atom stereocenters. The lowest BCUT2D eigenvalue weighted by atomic mass is 10.1. The second-order valence-corrected chi connectivity index (χ2v) is 8.01. The normalized spacial score (nSPS) is 14.3. The number of hydrogen-bond acceptors (Lipinski definition) is 4. The predicted octanol–water partition coefficient (Wildman–Crippen LogP) is 0.551. The van der Waals surface area contributed by atoms with Crippen LogP contribution in [0.2, 0.25) is 0 Å². The van der Waals surface area contributed by atoms with Crippen LogP contribution in [0.5, 0.6) is 0 Å². The summed E-state index contributed by atoms with van der Waals surface area (Å²) in [4.78, 5) is 11.8. The van der Waals surface area contributed by atoms with Gasteiger partial charge in [0.05, 0.1) is 12.3 Å². The second-order valence-electron chi connectivity index (χ2n) is 6.02. The van der Waals surface area contributed by atoms with E-state index in [2.05, 4.69) is 10.6 Å². The van der Waals surface area contributed by atoms with Crippen molar-refractivity contribution in [1.82, 2.24) is 14.9 Å². The Bertz CT molecular complexity index is 402. The van der Waals surface area contributed by atoms with E-state index in [1.54, 1.807) is 6.92 Å². The van der Waals surface area contributed by atoms with Crippen LogP contribution in [0.1, 0.15) is 41.0 Å². The molecule has 0 aromatic heterocycles. The van der Waals surface area contributed by atoms with Crippen LogP contribution < -0.4 is 10.6 Å². The van der Waals surface area contributed by atoms with Crippen molar-refractivity contribution >= 4 is 15.9 Å². The summed E-state index contributed by atoms with van der Waals surface area (Å²) in [6.07, 6.45) is 1.89. The van der Waals surface area contributed by atoms with Crippen molar-refractivity contribution in [2.24, 2.45) is 0 Å². The number of nitrogens with zero attached hydrogens (tertiary/aromatic N) is 1. The van der Waals surface area contributed by atoms with Gasteiger partial charge in [0.2, 0.25) is 15.9 Å². The summed E-state index contributed by atoms with van der Waals surface area (Å²) < 4.78 is 24.2. The van der Waals surface area contributed by atoms with Gasteiger partial charge >= 0.3 is 0 Å². The monoisotopic (exact) mass is 307 g/mol. The molecule has 2 N–H and O–H groups in total. The minimum absolute atomic E-state index is 0.0482. The van der Waals surface area contributed by atoms with E-state index in [0.29, 0.717) is 26.1 Å². The number of carbonyl (C=O) groups is 1. The average Bonchev–Trinajstić information content (AvgIpc) is 2.24. The third-order valence-corrected chi connectivity index (χ3v) is 4.13. The van der Waals surface area contributed by atoms with Crippen molar-refractivity contribution in [3.8, 4) is 0 Å². The first-order valence-corrected chi connectivity index (χ1v) is 8.82. The molecular formula is C13H29N3O3S. The van der Waals surface area contributed by atoms with Gasteiger partial charge in [0.1, 0.15) is 0 Å². The molecule has 0 bridgehead atoms. The van der Waals surface area contributed by atoms with Crippen LogP contribution in [0.25, 0.3) is 0 Å². The SMILES string of the molecule is CCN(CCCNC(C)C(=O)NC(C)(C)C)S(C)(=O)=O. The lowest BCUT2D eigenvalue weighted by Gasteiger charge is -2.24. The number of hydrogen-bond donors (Lipinski definition) is 2. The Balaban J connectivity index is 4.04. The van der Waals surface area contributed by atoms with Gasteiger partial charge in [-0.3, -0.25) is 4.79 Å². The Hall–Kier alpha value is -0.660. The highest BCUT2D eigenvalue weighted by atomic mass is 32.2. The summed E-state index contributed by atoms with van der Waals surface area (Å²) in [5, 5.41) is 6.00. The summed E-state index contributed by atoms with van der Waals surface area (Å²) in [5.74, 6) is -0.0482. The van der Waals surface area contributed by atoms with Gasteiger partial charge in [0, 0.05) is 18.6 Å². The first-order chi connectivity index (χ1) is 8.97. The first kappa shape index (κ1) is 19.3. The maximum Gasteiger partial charge on any atom is 0.237 e. The summed E-state index contributed by atoms with van der Waals surface area (Å²) in [6, 6.07) is -0.289. The zero-order valence-electron chi connectivity index (χ0n) is 13.5. The van der Waals surface area contributed by atoms with Gasteiger partial charge in [0.15, 0.2) is 0 Å². The molecule has 7 heteroatoms. The molecule has 0 saturated carbocycles. The molecule has 0 aliphatic carbocycles. The van der Waals surface area contributed by atoms with Crippen LogP contribution in [0.4, 0.5) is 0 Å². The maximum atomic E-state index is 11.8. The number of nitrogens with one attached hydrogen (secondary N) is 2. The van der Waals surface area contributed by atoms with Gasteiger partial charge in [0.25, 0.3) is 0 Å². The minimum Gasteiger partial charge on any atom is -0.350 e. The highest BCUT2D eigenvalue weighted by Gasteiger charge is 2.19. The van der Waals surface area contributed by atoms with Crippen molar-refractivity contribution in [2.45, 2.75) is 52.6 Å². The number of rotatable bonds is 8. The average molecular weight is 307 g/mol. The fourth-order valence-corrected chi connectivity index (χ4v) is 2.63. The van der Waals surface area contributed by atoms with Gasteiger partial charge in [-0.25, -0.2) is 12.7 Å². The Morgan fingerprint density at radius 3 is 2.25 bits per heavy atom. The number of carbonyl (C=O) groups excluding carboxylic acids is 1. The fraction of sp³-hybridized carbons (Fsp3) is 0.923. The first-order valence-electron chi connectivity index (χ1n) is 6.98. The van der Waals surface area contributed by atoms with E-state index >= 15 is 0 Å². The van der Waals surface area contributed by atoms with E-state index in [1.807, 2.05) is 27.7 Å². The minimum atomic E-state index is -3.13. The van der Waals surface area contributed by atoms with Crippen molar-refractivity contribution in [3.05, 3.63) is 0 Å². The van der Waals surface area contributed by atoms with Gasteiger partial charge in [-0.05, 0) is 40.7 Å². The molecule has 0 saturated heterocycles. The highest BCUT2D eigenvalue weighted by molar-refractivity contribution is 7.88. The third kappa shape index (κ3) is 8.50. The molecule has 0 aliphatic rings. The molecule has 1 unspecified atom stereocenters. The zero-order valence-corrected chi connectivity index (χ0v) is 14.3. The van der Waals surface area contributed by atoms with Crippen LogP contribution in [0.15, 0.2) is 0 Å². The molecule has 0 heterocycles. The second kappa shape index (κ2) is 7.95. The van der Waals surface area contributed by atoms with E-state index < -0.39 is 10.0 Å². The van der Waals surface area contributed by atoms with Crippen LogP contribution in [-0.2, 0) is 14.8 Å². The number of sulfonamides is 1. The summed E-state index contributed by atoms with van der Waals surface area (Å²) >= 11 is 0. The molecule has 0 aromatic carbocycles. The van der Waals surface area contributed by atoms with Gasteiger partial charge in [-0.1, -0.05) is 6.92 Å². The Morgan fingerprint density at radius 1 is 1.30 bits per heavy atom. The molecule has 1 amide bonds. The predicted molar refractivity (Wildman–Crippen MR) is 82.1 cm³/mol. The summed E-state index contributed by atoms with van der Waals surface area (Å²) in [6.45, 7) is 11.0. The molecule has 120 valence electrons. The Labute approximate surface area is 123 Å². The Kier molecular flexibility index (Phi) is 7.69. The number of amides is 1. The van der Waals surface area contributed by atoms with Crippen LogP contribution in [-0.4, -0.2) is 56.1 Å². The molecule has 20 heavy (non-hydrogen) atoms. The van der Waals surface area contributed by atoms with E-state index in [-0.39, 0.29) is 17.5 Å². The zero-order chi connectivity index (χ0) is 16.0. The van der Waals surface area contributed by atoms with Crippen molar-refractivity contribution in [3.63, 3.8) is 0 Å². The van der Waals surface area contributed by atoms with Gasteiger partial charge in [-0.2, -0.15) is 0 Å². The quantitative estimate of drug-likeness (QED) is 0.642. The molecule has 0 rings (SSSR count).